The molecule has 2 rings (SSSR count). The Balaban J connectivity index is 2.01. The van der Waals surface area contributed by atoms with Crippen molar-refractivity contribution < 1.29 is 0 Å². The van der Waals surface area contributed by atoms with Gasteiger partial charge in [-0.15, -0.1) is 0 Å². The molecular weight excluding hydrogens is 246 g/mol. The van der Waals surface area contributed by atoms with Crippen molar-refractivity contribution in [2.24, 2.45) is 18.7 Å². The first kappa shape index (κ1) is 13.1. The molecule has 96 valence electrons. The SMILES string of the molecule is Cn1ccc(CC(CN)Cc2cccc(Cl)c2)n1. The summed E-state index contributed by atoms with van der Waals surface area (Å²) in [6.45, 7) is 0.656. The van der Waals surface area contributed by atoms with Crippen molar-refractivity contribution in [1.82, 2.24) is 9.78 Å². The normalized spacial score (nSPS) is 12.6. The molecule has 2 aromatic rings. The van der Waals surface area contributed by atoms with E-state index in [1.165, 1.54) is 5.56 Å². The zero-order valence-electron chi connectivity index (χ0n) is 10.5. The van der Waals surface area contributed by atoms with Gasteiger partial charge in [-0.25, -0.2) is 0 Å². The molecule has 0 amide bonds. The fraction of sp³-hybridized carbons (Fsp3) is 0.357. The van der Waals surface area contributed by atoms with E-state index >= 15 is 0 Å². The lowest BCUT2D eigenvalue weighted by atomic mass is 9.95. The lowest BCUT2D eigenvalue weighted by Gasteiger charge is -2.13. The minimum atomic E-state index is 0.401. The van der Waals surface area contributed by atoms with Gasteiger partial charge in [0, 0.05) is 18.3 Å². The van der Waals surface area contributed by atoms with Gasteiger partial charge in [-0.1, -0.05) is 23.7 Å². The summed E-state index contributed by atoms with van der Waals surface area (Å²) in [5.74, 6) is 0.401. The monoisotopic (exact) mass is 263 g/mol. The summed E-state index contributed by atoms with van der Waals surface area (Å²) in [6, 6.07) is 10.0. The van der Waals surface area contributed by atoms with Crippen molar-refractivity contribution in [1.29, 1.82) is 0 Å². The molecule has 0 bridgehead atoms. The second-order valence-corrected chi connectivity index (χ2v) is 5.06. The van der Waals surface area contributed by atoms with E-state index in [9.17, 15) is 0 Å². The van der Waals surface area contributed by atoms with Crippen molar-refractivity contribution >= 4 is 11.6 Å². The largest absolute Gasteiger partial charge is 0.330 e. The number of halogens is 1. The second kappa shape index (κ2) is 6.03. The van der Waals surface area contributed by atoms with Crippen LogP contribution in [0.4, 0.5) is 0 Å². The molecule has 0 radical (unpaired) electrons. The Morgan fingerprint density at radius 3 is 2.78 bits per heavy atom. The van der Waals surface area contributed by atoms with Gasteiger partial charge in [-0.3, -0.25) is 4.68 Å². The number of nitrogens with two attached hydrogens (primary N) is 1. The number of benzene rings is 1. The average molecular weight is 264 g/mol. The van der Waals surface area contributed by atoms with E-state index in [4.69, 9.17) is 17.3 Å². The topological polar surface area (TPSA) is 43.8 Å². The third-order valence-corrected chi connectivity index (χ3v) is 3.25. The summed E-state index contributed by atoms with van der Waals surface area (Å²) in [5, 5.41) is 5.17. The molecule has 1 heterocycles. The molecule has 3 nitrogen and oxygen atoms in total. The summed E-state index contributed by atoms with van der Waals surface area (Å²) < 4.78 is 1.82. The van der Waals surface area contributed by atoms with Gasteiger partial charge < -0.3 is 5.73 Å². The highest BCUT2D eigenvalue weighted by Gasteiger charge is 2.11. The third-order valence-electron chi connectivity index (χ3n) is 3.01. The van der Waals surface area contributed by atoms with Gasteiger partial charge in [0.05, 0.1) is 5.69 Å². The van der Waals surface area contributed by atoms with Gasteiger partial charge in [0.1, 0.15) is 0 Å². The van der Waals surface area contributed by atoms with Gasteiger partial charge in [0.2, 0.25) is 0 Å². The number of hydrogen-bond donors (Lipinski definition) is 1. The first-order chi connectivity index (χ1) is 8.67. The van der Waals surface area contributed by atoms with Crippen LogP contribution in [-0.4, -0.2) is 16.3 Å². The van der Waals surface area contributed by atoms with Gasteiger partial charge >= 0.3 is 0 Å². The van der Waals surface area contributed by atoms with Crippen LogP contribution in [0.1, 0.15) is 11.3 Å². The fourth-order valence-corrected chi connectivity index (χ4v) is 2.32. The quantitative estimate of drug-likeness (QED) is 0.901. The van der Waals surface area contributed by atoms with Crippen molar-refractivity contribution in [3.63, 3.8) is 0 Å². The summed E-state index contributed by atoms with van der Waals surface area (Å²) >= 11 is 5.99. The molecule has 0 saturated carbocycles. The fourth-order valence-electron chi connectivity index (χ4n) is 2.10. The van der Waals surface area contributed by atoms with Crippen LogP contribution >= 0.6 is 11.6 Å². The maximum absolute atomic E-state index is 5.99. The number of hydrogen-bond acceptors (Lipinski definition) is 2. The van der Waals surface area contributed by atoms with Crippen LogP contribution in [0.15, 0.2) is 36.5 Å². The highest BCUT2D eigenvalue weighted by molar-refractivity contribution is 6.30. The van der Waals surface area contributed by atoms with Crippen LogP contribution in [0.25, 0.3) is 0 Å². The molecule has 0 spiro atoms. The predicted molar refractivity (Wildman–Crippen MR) is 74.6 cm³/mol. The highest BCUT2D eigenvalue weighted by Crippen LogP contribution is 2.16. The molecule has 0 aliphatic carbocycles. The first-order valence-corrected chi connectivity index (χ1v) is 6.48. The third kappa shape index (κ3) is 3.59. The molecule has 1 unspecified atom stereocenters. The molecule has 2 N–H and O–H groups in total. The molecule has 1 aromatic heterocycles. The Bertz CT molecular complexity index is 507. The van der Waals surface area contributed by atoms with E-state index in [0.717, 1.165) is 23.6 Å². The summed E-state index contributed by atoms with van der Waals surface area (Å²) in [5.41, 5.74) is 8.17. The summed E-state index contributed by atoms with van der Waals surface area (Å²) in [4.78, 5) is 0. The second-order valence-electron chi connectivity index (χ2n) is 4.62. The number of aryl methyl sites for hydroxylation is 1. The van der Waals surface area contributed by atoms with E-state index in [2.05, 4.69) is 11.2 Å². The standard InChI is InChI=1S/C14H18ClN3/c1-18-6-5-14(17-18)9-12(10-16)7-11-3-2-4-13(15)8-11/h2-6,8,12H,7,9-10,16H2,1H3. The van der Waals surface area contributed by atoms with E-state index in [0.29, 0.717) is 12.5 Å². The molecule has 4 heteroatoms. The van der Waals surface area contributed by atoms with Crippen LogP contribution in [0.2, 0.25) is 5.02 Å². The van der Waals surface area contributed by atoms with Crippen LogP contribution in [0.3, 0.4) is 0 Å². The lowest BCUT2D eigenvalue weighted by Crippen LogP contribution is -2.19. The number of nitrogens with zero attached hydrogens (tertiary/aromatic N) is 2. The summed E-state index contributed by atoms with van der Waals surface area (Å²) in [6.07, 6.45) is 3.81. The molecule has 18 heavy (non-hydrogen) atoms. The van der Waals surface area contributed by atoms with Crippen molar-refractivity contribution in [2.75, 3.05) is 6.54 Å². The maximum Gasteiger partial charge on any atom is 0.0627 e. The van der Waals surface area contributed by atoms with Gasteiger partial charge in [-0.2, -0.15) is 5.10 Å². The minimum absolute atomic E-state index is 0.401. The minimum Gasteiger partial charge on any atom is -0.330 e. The van der Waals surface area contributed by atoms with E-state index < -0.39 is 0 Å². The van der Waals surface area contributed by atoms with E-state index in [1.54, 1.807) is 0 Å². The van der Waals surface area contributed by atoms with Crippen LogP contribution in [0.5, 0.6) is 0 Å². The zero-order valence-corrected chi connectivity index (χ0v) is 11.3. The molecule has 0 fully saturated rings. The molecular formula is C14H18ClN3. The smallest absolute Gasteiger partial charge is 0.0627 e. The number of aromatic nitrogens is 2. The maximum atomic E-state index is 5.99. The number of rotatable bonds is 5. The molecule has 1 atom stereocenters. The molecule has 0 aliphatic rings. The zero-order chi connectivity index (χ0) is 13.0. The lowest BCUT2D eigenvalue weighted by molar-refractivity contribution is 0.522. The summed E-state index contributed by atoms with van der Waals surface area (Å²) in [7, 11) is 1.93. The Labute approximate surface area is 113 Å². The van der Waals surface area contributed by atoms with E-state index in [1.807, 2.05) is 42.2 Å². The average Bonchev–Trinajstić information content (AvgIpc) is 2.74. The van der Waals surface area contributed by atoms with Gasteiger partial charge in [0.25, 0.3) is 0 Å². The van der Waals surface area contributed by atoms with Crippen molar-refractivity contribution in [3.8, 4) is 0 Å². The Kier molecular flexibility index (Phi) is 4.39. The Morgan fingerprint density at radius 1 is 1.33 bits per heavy atom. The molecule has 1 aromatic carbocycles. The highest BCUT2D eigenvalue weighted by atomic mass is 35.5. The van der Waals surface area contributed by atoms with Gasteiger partial charge in [0.15, 0.2) is 0 Å². The van der Waals surface area contributed by atoms with Crippen molar-refractivity contribution in [3.05, 3.63) is 52.8 Å². The van der Waals surface area contributed by atoms with Crippen LogP contribution in [0, 0.1) is 5.92 Å². The van der Waals surface area contributed by atoms with Gasteiger partial charge in [-0.05, 0) is 49.1 Å². The first-order valence-electron chi connectivity index (χ1n) is 6.10. The Hall–Kier alpha value is -1.32. The van der Waals surface area contributed by atoms with Crippen LogP contribution in [-0.2, 0) is 19.9 Å². The van der Waals surface area contributed by atoms with E-state index in [-0.39, 0.29) is 0 Å². The molecule has 0 saturated heterocycles. The van der Waals surface area contributed by atoms with Crippen molar-refractivity contribution in [2.45, 2.75) is 12.8 Å². The van der Waals surface area contributed by atoms with Crippen LogP contribution < -0.4 is 5.73 Å². The molecule has 0 aliphatic heterocycles. The Morgan fingerprint density at radius 2 is 2.17 bits per heavy atom. The predicted octanol–water partition coefficient (Wildman–Crippen LogP) is 2.43.